The van der Waals surface area contributed by atoms with Crippen LogP contribution in [-0.4, -0.2) is 9.85 Å². The molecule has 0 spiro atoms. The van der Waals surface area contributed by atoms with Crippen molar-refractivity contribution in [3.05, 3.63) is 84.9 Å². The number of nitro benzene ring substituents is 2. The monoisotopic (exact) mass is 371 g/mol. The van der Waals surface area contributed by atoms with Crippen LogP contribution in [0, 0.1) is 26.1 Å². The largest absolute Gasteiger partial charge is 0.376 e. The Balaban J connectivity index is 1.85. The van der Waals surface area contributed by atoms with Gasteiger partial charge in [-0.25, -0.2) is 0 Å². The molecule has 0 fully saturated rings. The van der Waals surface area contributed by atoms with Crippen LogP contribution < -0.4 is 5.32 Å². The van der Waals surface area contributed by atoms with Gasteiger partial charge in [-0.15, -0.1) is 0 Å². The third kappa shape index (κ3) is 2.52. The van der Waals surface area contributed by atoms with Gasteiger partial charge in [-0.05, 0) is 24.0 Å². The summed E-state index contributed by atoms with van der Waals surface area (Å²) < 4.78 is 0. The Kier molecular flexibility index (Phi) is 3.88. The minimum Gasteiger partial charge on any atom is -0.376 e. The maximum absolute atomic E-state index is 11.5. The van der Waals surface area contributed by atoms with Gasteiger partial charge in [0.2, 0.25) is 0 Å². The maximum atomic E-state index is 11.5. The number of allylic oxidation sites excluding steroid dienone is 2. The SMILES string of the molecule is O=[N+]([O-])c1cccc(C2Nc3c(Cl)ccc([N+](=O)[O-])c3C3C=CCC32)c1. The van der Waals surface area contributed by atoms with Gasteiger partial charge in [-0.2, -0.15) is 0 Å². The molecule has 3 unspecified atom stereocenters. The zero-order valence-corrected chi connectivity index (χ0v) is 14.2. The fourth-order valence-corrected chi connectivity index (χ4v) is 4.19. The van der Waals surface area contributed by atoms with Crippen molar-refractivity contribution >= 4 is 28.7 Å². The highest BCUT2D eigenvalue weighted by Crippen LogP contribution is 2.54. The number of rotatable bonds is 3. The number of nitrogens with one attached hydrogen (secondary N) is 1. The number of fused-ring (bicyclic) bond motifs is 3. The summed E-state index contributed by atoms with van der Waals surface area (Å²) in [5.74, 6) is -0.128. The molecule has 1 heterocycles. The van der Waals surface area contributed by atoms with E-state index in [0.717, 1.165) is 12.0 Å². The van der Waals surface area contributed by atoms with Gasteiger partial charge in [0, 0.05) is 24.1 Å². The van der Waals surface area contributed by atoms with E-state index in [1.54, 1.807) is 12.1 Å². The molecule has 3 atom stereocenters. The molecule has 8 heteroatoms. The summed E-state index contributed by atoms with van der Waals surface area (Å²) in [5, 5.41) is 26.3. The van der Waals surface area contributed by atoms with E-state index in [4.69, 9.17) is 11.6 Å². The van der Waals surface area contributed by atoms with E-state index in [1.165, 1.54) is 18.2 Å². The second-order valence-electron chi connectivity index (χ2n) is 6.44. The minimum atomic E-state index is -0.428. The first-order valence-corrected chi connectivity index (χ1v) is 8.49. The molecule has 0 saturated heterocycles. The second-order valence-corrected chi connectivity index (χ2v) is 6.85. The molecular weight excluding hydrogens is 358 g/mol. The average Bonchev–Trinajstić information content (AvgIpc) is 3.11. The number of hydrogen-bond donors (Lipinski definition) is 1. The van der Waals surface area contributed by atoms with Gasteiger partial charge in [0.05, 0.1) is 32.2 Å². The molecular formula is C18H14ClN3O4. The lowest BCUT2D eigenvalue weighted by atomic mass is 9.76. The lowest BCUT2D eigenvalue weighted by molar-refractivity contribution is -0.385. The van der Waals surface area contributed by atoms with E-state index >= 15 is 0 Å². The molecule has 1 aliphatic carbocycles. The zero-order valence-electron chi connectivity index (χ0n) is 13.5. The normalized spacial score (nSPS) is 23.0. The third-order valence-electron chi connectivity index (χ3n) is 5.08. The molecule has 0 radical (unpaired) electrons. The van der Waals surface area contributed by atoms with Crippen molar-refractivity contribution in [1.82, 2.24) is 0 Å². The summed E-state index contributed by atoms with van der Waals surface area (Å²) >= 11 is 6.33. The van der Waals surface area contributed by atoms with Gasteiger partial charge in [0.25, 0.3) is 11.4 Å². The Hall–Kier alpha value is -2.93. The fourth-order valence-electron chi connectivity index (χ4n) is 3.98. The fraction of sp³-hybridized carbons (Fsp3) is 0.222. The van der Waals surface area contributed by atoms with Crippen LogP contribution in [0.25, 0.3) is 0 Å². The van der Waals surface area contributed by atoms with Crippen molar-refractivity contribution in [3.8, 4) is 0 Å². The Morgan fingerprint density at radius 3 is 2.65 bits per heavy atom. The van der Waals surface area contributed by atoms with Crippen LogP contribution in [0.15, 0.2) is 48.6 Å². The van der Waals surface area contributed by atoms with E-state index in [-0.39, 0.29) is 29.3 Å². The number of anilines is 1. The molecule has 4 rings (SSSR count). The van der Waals surface area contributed by atoms with Crippen LogP contribution in [-0.2, 0) is 0 Å². The van der Waals surface area contributed by atoms with Crippen molar-refractivity contribution in [3.63, 3.8) is 0 Å². The summed E-state index contributed by atoms with van der Waals surface area (Å²) in [5.41, 5.74) is 1.94. The summed E-state index contributed by atoms with van der Waals surface area (Å²) in [6.07, 6.45) is 4.70. The molecule has 1 N–H and O–H groups in total. The predicted octanol–water partition coefficient (Wildman–Crippen LogP) is 4.98. The highest BCUT2D eigenvalue weighted by molar-refractivity contribution is 6.33. The Labute approximate surface area is 153 Å². The number of benzene rings is 2. The van der Waals surface area contributed by atoms with Crippen LogP contribution in [0.2, 0.25) is 5.02 Å². The van der Waals surface area contributed by atoms with Gasteiger partial charge in [-0.1, -0.05) is 35.9 Å². The maximum Gasteiger partial charge on any atom is 0.275 e. The van der Waals surface area contributed by atoms with Crippen molar-refractivity contribution in [2.24, 2.45) is 5.92 Å². The van der Waals surface area contributed by atoms with Gasteiger partial charge in [0.1, 0.15) is 0 Å². The van der Waals surface area contributed by atoms with Crippen LogP contribution in [0.1, 0.15) is 29.5 Å². The Bertz CT molecular complexity index is 959. The molecule has 26 heavy (non-hydrogen) atoms. The molecule has 132 valence electrons. The van der Waals surface area contributed by atoms with Crippen molar-refractivity contribution in [2.75, 3.05) is 5.32 Å². The van der Waals surface area contributed by atoms with Crippen LogP contribution in [0.3, 0.4) is 0 Å². The highest BCUT2D eigenvalue weighted by atomic mass is 35.5. The number of nitrogens with zero attached hydrogens (tertiary/aromatic N) is 2. The molecule has 0 bridgehead atoms. The van der Waals surface area contributed by atoms with Gasteiger partial charge in [0.15, 0.2) is 0 Å². The first kappa shape index (κ1) is 16.5. The topological polar surface area (TPSA) is 98.3 Å². The first-order valence-electron chi connectivity index (χ1n) is 8.11. The molecule has 7 nitrogen and oxygen atoms in total. The number of non-ortho nitro benzene ring substituents is 1. The van der Waals surface area contributed by atoms with Gasteiger partial charge < -0.3 is 5.32 Å². The van der Waals surface area contributed by atoms with E-state index in [1.807, 2.05) is 18.2 Å². The van der Waals surface area contributed by atoms with Crippen LogP contribution >= 0.6 is 11.6 Å². The van der Waals surface area contributed by atoms with Crippen molar-refractivity contribution in [1.29, 1.82) is 0 Å². The quantitative estimate of drug-likeness (QED) is 0.466. The standard InChI is InChI=1S/C18H14ClN3O4/c19-14-7-8-15(22(25)26)16-12-5-2-6-13(12)17(20-18(14)16)10-3-1-4-11(9-10)21(23)24/h1-5,7-9,12-13,17,20H,6H2. The Morgan fingerprint density at radius 2 is 1.92 bits per heavy atom. The molecule has 0 amide bonds. The average molecular weight is 372 g/mol. The zero-order chi connectivity index (χ0) is 18.4. The van der Waals surface area contributed by atoms with Gasteiger partial charge >= 0.3 is 0 Å². The van der Waals surface area contributed by atoms with Crippen LogP contribution in [0.5, 0.6) is 0 Å². The predicted molar refractivity (Wildman–Crippen MR) is 97.6 cm³/mol. The number of halogens is 1. The Morgan fingerprint density at radius 1 is 1.12 bits per heavy atom. The molecule has 1 aliphatic heterocycles. The summed E-state index contributed by atoms with van der Waals surface area (Å²) in [6.45, 7) is 0. The molecule has 2 aromatic rings. The summed E-state index contributed by atoms with van der Waals surface area (Å²) in [6, 6.07) is 9.19. The summed E-state index contributed by atoms with van der Waals surface area (Å²) in [4.78, 5) is 21.8. The molecule has 0 saturated carbocycles. The number of nitro groups is 2. The van der Waals surface area contributed by atoms with E-state index in [0.29, 0.717) is 16.3 Å². The van der Waals surface area contributed by atoms with Crippen molar-refractivity contribution < 1.29 is 9.85 Å². The van der Waals surface area contributed by atoms with Crippen LogP contribution in [0.4, 0.5) is 17.1 Å². The molecule has 0 aromatic heterocycles. The molecule has 2 aliphatic rings. The van der Waals surface area contributed by atoms with E-state index in [9.17, 15) is 20.2 Å². The minimum absolute atomic E-state index is 0.0164. The van der Waals surface area contributed by atoms with E-state index < -0.39 is 9.85 Å². The number of hydrogen-bond acceptors (Lipinski definition) is 5. The summed E-state index contributed by atoms with van der Waals surface area (Å²) in [7, 11) is 0. The molecule has 2 aromatic carbocycles. The highest BCUT2D eigenvalue weighted by Gasteiger charge is 2.42. The smallest absolute Gasteiger partial charge is 0.275 e. The first-order chi connectivity index (χ1) is 12.5. The third-order valence-corrected chi connectivity index (χ3v) is 5.40. The van der Waals surface area contributed by atoms with Gasteiger partial charge in [-0.3, -0.25) is 20.2 Å². The van der Waals surface area contributed by atoms with Crippen molar-refractivity contribution in [2.45, 2.75) is 18.4 Å². The lowest BCUT2D eigenvalue weighted by Crippen LogP contribution is -2.29. The lowest BCUT2D eigenvalue weighted by Gasteiger charge is -2.37. The van der Waals surface area contributed by atoms with E-state index in [2.05, 4.69) is 5.32 Å². The second kappa shape index (κ2) is 6.10.